The molecule has 2 heterocycles. The summed E-state index contributed by atoms with van der Waals surface area (Å²) < 4.78 is 0. The number of hydrazone groups is 1. The normalized spacial score (nSPS) is 23.7. The van der Waals surface area contributed by atoms with Crippen LogP contribution in [-0.2, 0) is 0 Å². The van der Waals surface area contributed by atoms with Crippen molar-refractivity contribution in [1.29, 1.82) is 0 Å². The van der Waals surface area contributed by atoms with Crippen molar-refractivity contribution in [2.45, 2.75) is 13.0 Å². The van der Waals surface area contributed by atoms with Gasteiger partial charge in [0.25, 0.3) is 0 Å². The van der Waals surface area contributed by atoms with Crippen molar-refractivity contribution >= 4 is 22.7 Å². The lowest BCUT2D eigenvalue weighted by molar-refractivity contribution is 0.130. The Morgan fingerprint density at radius 2 is 1.82 bits per heavy atom. The van der Waals surface area contributed by atoms with Gasteiger partial charge in [0.05, 0.1) is 18.3 Å². The standard InChI is InChI=1S/C16H21ClN4O/c1-12-3-5-13(6-4-12)15-14(11-21(18-15)16(17)22)20-9-7-19(2)8-10-20/h3-6,14H,7-11H2,1-2H3. The van der Waals surface area contributed by atoms with Crippen LogP contribution in [0, 0.1) is 6.92 Å². The molecule has 6 heteroatoms. The number of carbonyl (C=O) groups excluding carboxylic acids is 1. The van der Waals surface area contributed by atoms with Gasteiger partial charge in [0.2, 0.25) is 0 Å². The molecule has 1 atom stereocenters. The van der Waals surface area contributed by atoms with Crippen LogP contribution in [0.1, 0.15) is 11.1 Å². The van der Waals surface area contributed by atoms with E-state index in [2.05, 4.69) is 53.1 Å². The Labute approximate surface area is 136 Å². The van der Waals surface area contributed by atoms with Crippen LogP contribution in [0.25, 0.3) is 0 Å². The van der Waals surface area contributed by atoms with Gasteiger partial charge in [-0.05, 0) is 31.1 Å². The number of piperazine rings is 1. The summed E-state index contributed by atoms with van der Waals surface area (Å²) in [4.78, 5) is 16.2. The third-order valence-corrected chi connectivity index (χ3v) is 4.61. The molecule has 0 saturated carbocycles. The number of halogens is 1. The zero-order valence-corrected chi connectivity index (χ0v) is 13.8. The predicted molar refractivity (Wildman–Crippen MR) is 88.5 cm³/mol. The van der Waals surface area contributed by atoms with Gasteiger partial charge in [-0.15, -0.1) is 0 Å². The molecule has 0 spiro atoms. The van der Waals surface area contributed by atoms with Gasteiger partial charge in [0, 0.05) is 26.2 Å². The molecule has 22 heavy (non-hydrogen) atoms. The number of nitrogens with zero attached hydrogens (tertiary/aromatic N) is 4. The number of amides is 1. The molecule has 1 aromatic carbocycles. The van der Waals surface area contributed by atoms with Crippen LogP contribution in [0.15, 0.2) is 29.4 Å². The van der Waals surface area contributed by atoms with Crippen molar-refractivity contribution in [1.82, 2.24) is 14.8 Å². The minimum absolute atomic E-state index is 0.124. The molecule has 118 valence electrons. The molecule has 2 aliphatic rings. The molecule has 1 aromatic rings. The lowest BCUT2D eigenvalue weighted by atomic mass is 10.0. The number of hydrogen-bond donors (Lipinski definition) is 0. The Bertz CT molecular complexity index is 578. The fraction of sp³-hybridized carbons (Fsp3) is 0.500. The summed E-state index contributed by atoms with van der Waals surface area (Å²) in [6.45, 7) is 6.63. The van der Waals surface area contributed by atoms with Crippen LogP contribution in [0.2, 0.25) is 0 Å². The second-order valence-electron chi connectivity index (χ2n) is 6.04. The number of likely N-dealkylation sites (N-methyl/N-ethyl adjacent to an activating group) is 1. The molecule has 0 radical (unpaired) electrons. The van der Waals surface area contributed by atoms with Gasteiger partial charge >= 0.3 is 5.37 Å². The van der Waals surface area contributed by atoms with E-state index < -0.39 is 5.37 Å². The summed E-state index contributed by atoms with van der Waals surface area (Å²) in [5, 5.41) is 5.34. The summed E-state index contributed by atoms with van der Waals surface area (Å²) in [7, 11) is 2.13. The fourth-order valence-corrected chi connectivity index (χ4v) is 3.10. The molecule has 5 nitrogen and oxygen atoms in total. The van der Waals surface area contributed by atoms with Crippen LogP contribution in [0.4, 0.5) is 4.79 Å². The van der Waals surface area contributed by atoms with E-state index in [-0.39, 0.29) is 6.04 Å². The van der Waals surface area contributed by atoms with Gasteiger partial charge < -0.3 is 4.90 Å². The van der Waals surface area contributed by atoms with E-state index in [1.165, 1.54) is 10.6 Å². The average molecular weight is 321 g/mol. The first kappa shape index (κ1) is 15.5. The Morgan fingerprint density at radius 3 is 2.41 bits per heavy atom. The topological polar surface area (TPSA) is 39.2 Å². The van der Waals surface area contributed by atoms with Crippen LogP contribution >= 0.6 is 11.6 Å². The van der Waals surface area contributed by atoms with Gasteiger partial charge in [-0.1, -0.05) is 29.8 Å². The largest absolute Gasteiger partial charge is 0.336 e. The lowest BCUT2D eigenvalue weighted by Crippen LogP contribution is -2.52. The van der Waals surface area contributed by atoms with Gasteiger partial charge in [-0.2, -0.15) is 5.10 Å². The van der Waals surface area contributed by atoms with Crippen molar-refractivity contribution in [3.8, 4) is 0 Å². The van der Waals surface area contributed by atoms with Gasteiger partial charge in [-0.25, -0.2) is 5.01 Å². The van der Waals surface area contributed by atoms with Crippen molar-refractivity contribution in [3.63, 3.8) is 0 Å². The Kier molecular flexibility index (Phi) is 4.47. The molecule has 0 aromatic heterocycles. The molecule has 3 rings (SSSR count). The minimum Gasteiger partial charge on any atom is -0.304 e. The van der Waals surface area contributed by atoms with E-state index in [0.717, 1.165) is 37.5 Å². The van der Waals surface area contributed by atoms with Crippen molar-refractivity contribution < 1.29 is 4.79 Å². The maximum absolute atomic E-state index is 11.5. The summed E-state index contributed by atoms with van der Waals surface area (Å²) in [5.74, 6) is 0. The highest BCUT2D eigenvalue weighted by Gasteiger charge is 2.35. The Hall–Kier alpha value is -1.43. The summed E-state index contributed by atoms with van der Waals surface area (Å²) in [5.41, 5.74) is 3.22. The summed E-state index contributed by atoms with van der Waals surface area (Å²) >= 11 is 5.64. The van der Waals surface area contributed by atoms with E-state index >= 15 is 0 Å². The fourth-order valence-electron chi connectivity index (χ4n) is 3.00. The molecule has 0 aliphatic carbocycles. The average Bonchev–Trinajstić information content (AvgIpc) is 2.94. The molecule has 0 N–H and O–H groups in total. The highest BCUT2D eigenvalue weighted by Crippen LogP contribution is 2.21. The van der Waals surface area contributed by atoms with Crippen molar-refractivity contribution in [3.05, 3.63) is 35.4 Å². The van der Waals surface area contributed by atoms with Crippen LogP contribution in [0.3, 0.4) is 0 Å². The summed E-state index contributed by atoms with van der Waals surface area (Å²) in [6, 6.07) is 8.41. The molecule has 1 fully saturated rings. The van der Waals surface area contributed by atoms with E-state index in [1.807, 2.05) is 0 Å². The summed E-state index contributed by atoms with van der Waals surface area (Å²) in [6.07, 6.45) is 0. The maximum atomic E-state index is 11.5. The second kappa shape index (κ2) is 6.36. The third kappa shape index (κ3) is 3.16. The van der Waals surface area contributed by atoms with E-state index in [9.17, 15) is 4.79 Å². The molecular formula is C16H21ClN4O. The molecule has 1 unspecified atom stereocenters. The predicted octanol–water partition coefficient (Wildman–Crippen LogP) is 1.99. The molecule has 0 bridgehead atoms. The smallest absolute Gasteiger partial charge is 0.304 e. The van der Waals surface area contributed by atoms with Crippen LogP contribution in [-0.4, -0.2) is 71.7 Å². The second-order valence-corrected chi connectivity index (χ2v) is 6.36. The number of hydrogen-bond acceptors (Lipinski definition) is 4. The molecule has 1 saturated heterocycles. The van der Waals surface area contributed by atoms with Gasteiger partial charge in [0.1, 0.15) is 0 Å². The monoisotopic (exact) mass is 320 g/mol. The van der Waals surface area contributed by atoms with Gasteiger partial charge in [0.15, 0.2) is 0 Å². The number of benzene rings is 1. The van der Waals surface area contributed by atoms with Crippen LogP contribution < -0.4 is 0 Å². The first-order chi connectivity index (χ1) is 10.5. The Morgan fingerprint density at radius 1 is 1.18 bits per heavy atom. The number of aryl methyl sites for hydroxylation is 1. The van der Waals surface area contributed by atoms with E-state index in [0.29, 0.717) is 6.54 Å². The number of carbonyl (C=O) groups is 1. The van der Waals surface area contributed by atoms with E-state index in [4.69, 9.17) is 11.6 Å². The first-order valence-electron chi connectivity index (χ1n) is 7.60. The van der Waals surface area contributed by atoms with E-state index in [1.54, 1.807) is 0 Å². The lowest BCUT2D eigenvalue weighted by Gasteiger charge is -2.36. The SMILES string of the molecule is Cc1ccc(C2=NN(C(=O)Cl)CC2N2CCN(C)CC2)cc1. The molecule has 2 aliphatic heterocycles. The number of rotatable bonds is 2. The molecular weight excluding hydrogens is 300 g/mol. The quantitative estimate of drug-likeness (QED) is 0.618. The van der Waals surface area contributed by atoms with Crippen molar-refractivity contribution in [2.24, 2.45) is 5.10 Å². The highest BCUT2D eigenvalue weighted by atomic mass is 35.5. The maximum Gasteiger partial charge on any atom is 0.336 e. The van der Waals surface area contributed by atoms with Gasteiger partial charge in [-0.3, -0.25) is 9.69 Å². The zero-order chi connectivity index (χ0) is 15.7. The zero-order valence-electron chi connectivity index (χ0n) is 13.0. The minimum atomic E-state index is -0.513. The van der Waals surface area contributed by atoms with Crippen molar-refractivity contribution in [2.75, 3.05) is 39.8 Å². The Balaban J connectivity index is 1.86. The highest BCUT2D eigenvalue weighted by molar-refractivity contribution is 6.62. The molecule has 1 amide bonds. The first-order valence-corrected chi connectivity index (χ1v) is 7.97. The van der Waals surface area contributed by atoms with Crippen LogP contribution in [0.5, 0.6) is 0 Å². The third-order valence-electron chi connectivity index (χ3n) is 4.42.